The highest BCUT2D eigenvalue weighted by molar-refractivity contribution is 6.08. The molecule has 0 radical (unpaired) electrons. The third-order valence-corrected chi connectivity index (χ3v) is 6.30. The molecule has 0 spiro atoms. The summed E-state index contributed by atoms with van der Waals surface area (Å²) in [6.45, 7) is 6.24. The second-order valence-corrected chi connectivity index (χ2v) is 8.70. The lowest BCUT2D eigenvalue weighted by Crippen LogP contribution is -2.45. The molecule has 5 amide bonds. The summed E-state index contributed by atoms with van der Waals surface area (Å²) in [5.74, 6) is -0.257. The number of fused-ring (bicyclic) bond motifs is 1. The predicted molar refractivity (Wildman–Crippen MR) is 104 cm³/mol. The molecule has 4 rings (SSSR count). The summed E-state index contributed by atoms with van der Waals surface area (Å²) in [5.41, 5.74) is 0.0829. The monoisotopic (exact) mass is 398 g/mol. The minimum absolute atomic E-state index is 0.0349. The van der Waals surface area contributed by atoms with Gasteiger partial charge in [0.1, 0.15) is 12.1 Å². The number of likely N-dealkylation sites (tertiary alicyclic amines) is 2. The van der Waals surface area contributed by atoms with E-state index in [9.17, 15) is 19.2 Å². The second kappa shape index (κ2) is 6.86. The van der Waals surface area contributed by atoms with Crippen molar-refractivity contribution >= 4 is 23.8 Å². The van der Waals surface area contributed by atoms with Gasteiger partial charge in [-0.15, -0.1) is 0 Å². The van der Waals surface area contributed by atoms with E-state index in [0.717, 1.165) is 10.5 Å². The van der Waals surface area contributed by atoms with Crippen LogP contribution in [0.15, 0.2) is 30.3 Å². The van der Waals surface area contributed by atoms with Gasteiger partial charge in [0.2, 0.25) is 11.8 Å². The fourth-order valence-corrected chi connectivity index (χ4v) is 4.85. The molecule has 3 heterocycles. The summed E-state index contributed by atoms with van der Waals surface area (Å²) in [7, 11) is 0. The molecule has 0 aromatic heterocycles. The Bertz CT molecular complexity index is 869. The minimum atomic E-state index is -0.987. The maximum Gasteiger partial charge on any atom is 0.325 e. The van der Waals surface area contributed by atoms with E-state index in [4.69, 9.17) is 0 Å². The van der Waals surface area contributed by atoms with Gasteiger partial charge in [-0.25, -0.2) is 4.79 Å². The molecule has 3 aliphatic heterocycles. The quantitative estimate of drug-likeness (QED) is 0.769. The molecule has 0 unspecified atom stereocenters. The molecule has 0 aliphatic carbocycles. The van der Waals surface area contributed by atoms with Crippen LogP contribution in [-0.4, -0.2) is 70.2 Å². The first-order valence-corrected chi connectivity index (χ1v) is 9.93. The number of nitrogens with one attached hydrogen (secondary N) is 1. The number of rotatable bonds is 3. The number of imide groups is 1. The minimum Gasteiger partial charge on any atom is -0.340 e. The van der Waals surface area contributed by atoms with Gasteiger partial charge in [-0.2, -0.15) is 0 Å². The van der Waals surface area contributed by atoms with Gasteiger partial charge in [0.15, 0.2) is 0 Å². The van der Waals surface area contributed by atoms with E-state index in [0.29, 0.717) is 19.6 Å². The van der Waals surface area contributed by atoms with Crippen molar-refractivity contribution < 1.29 is 19.2 Å². The van der Waals surface area contributed by atoms with Gasteiger partial charge in [0, 0.05) is 38.4 Å². The Morgan fingerprint density at radius 1 is 1.10 bits per heavy atom. The molecule has 8 nitrogen and oxygen atoms in total. The molecular formula is C21H26N4O4. The van der Waals surface area contributed by atoms with Crippen LogP contribution in [-0.2, 0) is 14.4 Å². The van der Waals surface area contributed by atoms with E-state index in [1.54, 1.807) is 25.7 Å². The number of nitrogens with zero attached hydrogens (tertiary/aromatic N) is 3. The van der Waals surface area contributed by atoms with Crippen molar-refractivity contribution in [1.29, 1.82) is 0 Å². The number of carbonyl (C=O) groups is 4. The van der Waals surface area contributed by atoms with Crippen LogP contribution in [0.25, 0.3) is 0 Å². The zero-order chi connectivity index (χ0) is 20.9. The maximum absolute atomic E-state index is 12.9. The molecule has 1 aromatic rings. The van der Waals surface area contributed by atoms with Gasteiger partial charge in [0.25, 0.3) is 5.91 Å². The lowest BCUT2D eigenvalue weighted by atomic mass is 9.89. The van der Waals surface area contributed by atoms with E-state index < -0.39 is 11.6 Å². The molecule has 1 aromatic carbocycles. The van der Waals surface area contributed by atoms with E-state index in [-0.39, 0.29) is 42.1 Å². The Balaban J connectivity index is 1.49. The lowest BCUT2D eigenvalue weighted by Gasteiger charge is -2.29. The molecule has 3 saturated heterocycles. The molecule has 29 heavy (non-hydrogen) atoms. The van der Waals surface area contributed by atoms with Crippen LogP contribution in [0.3, 0.4) is 0 Å². The average Bonchev–Trinajstić information content (AvgIpc) is 3.28. The number of hydrogen-bond donors (Lipinski definition) is 1. The summed E-state index contributed by atoms with van der Waals surface area (Å²) in [4.78, 5) is 54.1. The van der Waals surface area contributed by atoms with E-state index in [2.05, 4.69) is 5.32 Å². The van der Waals surface area contributed by atoms with Crippen molar-refractivity contribution in [3.8, 4) is 0 Å². The van der Waals surface area contributed by atoms with Crippen LogP contribution in [0.4, 0.5) is 4.79 Å². The maximum atomic E-state index is 12.9. The number of urea groups is 1. The highest BCUT2D eigenvalue weighted by atomic mass is 16.2. The predicted octanol–water partition coefficient (Wildman–Crippen LogP) is 0.995. The fourth-order valence-electron chi connectivity index (χ4n) is 4.85. The summed E-state index contributed by atoms with van der Waals surface area (Å²) < 4.78 is 0. The average molecular weight is 398 g/mol. The Labute approximate surface area is 169 Å². The Morgan fingerprint density at radius 3 is 2.38 bits per heavy atom. The first-order valence-electron chi connectivity index (χ1n) is 9.93. The molecule has 154 valence electrons. The second-order valence-electron chi connectivity index (χ2n) is 8.70. The summed E-state index contributed by atoms with van der Waals surface area (Å²) in [6.07, 6.45) is 0. The third-order valence-electron chi connectivity index (χ3n) is 6.30. The van der Waals surface area contributed by atoms with Crippen LogP contribution in [0.1, 0.15) is 32.4 Å². The van der Waals surface area contributed by atoms with Gasteiger partial charge >= 0.3 is 6.03 Å². The highest BCUT2D eigenvalue weighted by Gasteiger charge is 2.50. The van der Waals surface area contributed by atoms with Crippen molar-refractivity contribution in [2.45, 2.75) is 32.4 Å². The van der Waals surface area contributed by atoms with Crippen LogP contribution in [0.5, 0.6) is 0 Å². The van der Waals surface area contributed by atoms with Gasteiger partial charge in [-0.1, -0.05) is 30.3 Å². The molecule has 3 atom stereocenters. The van der Waals surface area contributed by atoms with E-state index >= 15 is 0 Å². The molecule has 1 N–H and O–H groups in total. The number of amides is 5. The third kappa shape index (κ3) is 3.26. The molecule has 3 fully saturated rings. The van der Waals surface area contributed by atoms with E-state index in [1.807, 2.05) is 35.2 Å². The summed E-state index contributed by atoms with van der Waals surface area (Å²) in [6, 6.07) is 9.30. The van der Waals surface area contributed by atoms with Crippen molar-refractivity contribution in [2.24, 2.45) is 11.8 Å². The lowest BCUT2D eigenvalue weighted by molar-refractivity contribution is -0.138. The fraction of sp³-hybridized carbons (Fsp3) is 0.524. The molecule has 3 aliphatic rings. The first-order chi connectivity index (χ1) is 13.7. The summed E-state index contributed by atoms with van der Waals surface area (Å²) in [5, 5.41) is 2.60. The SMILES string of the molecule is CC(=O)N1C[C@H]2CN(C(=O)CN3C(=O)NC(C)(C)C3=O)C[C@H]2[C@H]1c1ccccc1. The van der Waals surface area contributed by atoms with Crippen LogP contribution < -0.4 is 5.32 Å². The number of carbonyl (C=O) groups excluding carboxylic acids is 4. The molecule has 8 heteroatoms. The van der Waals surface area contributed by atoms with Gasteiger partial charge in [-0.3, -0.25) is 19.3 Å². The normalized spacial score (nSPS) is 28.0. The zero-order valence-corrected chi connectivity index (χ0v) is 16.9. The topological polar surface area (TPSA) is 90.0 Å². The van der Waals surface area contributed by atoms with Crippen LogP contribution in [0, 0.1) is 11.8 Å². The van der Waals surface area contributed by atoms with Gasteiger partial charge in [-0.05, 0) is 19.4 Å². The van der Waals surface area contributed by atoms with Crippen LogP contribution >= 0.6 is 0 Å². The Kier molecular flexibility index (Phi) is 4.59. The standard InChI is InChI=1S/C21H26N4O4/c1-13(26)24-10-15-9-23(11-16(15)18(24)14-7-5-4-6-8-14)17(27)12-25-19(28)21(2,3)22-20(25)29/h4-8,15-16,18H,9-12H2,1-3H3,(H,22,29)/t15-,16-,18-/m1/s1. The van der Waals surface area contributed by atoms with Crippen molar-refractivity contribution in [3.63, 3.8) is 0 Å². The molecule has 0 bridgehead atoms. The van der Waals surface area contributed by atoms with Gasteiger partial charge in [0.05, 0.1) is 6.04 Å². The van der Waals surface area contributed by atoms with Crippen molar-refractivity contribution in [2.75, 3.05) is 26.2 Å². The largest absolute Gasteiger partial charge is 0.340 e. The molecular weight excluding hydrogens is 372 g/mol. The summed E-state index contributed by atoms with van der Waals surface area (Å²) >= 11 is 0. The Morgan fingerprint density at radius 2 is 1.79 bits per heavy atom. The highest BCUT2D eigenvalue weighted by Crippen LogP contribution is 2.45. The number of benzene rings is 1. The van der Waals surface area contributed by atoms with Crippen molar-refractivity contribution in [3.05, 3.63) is 35.9 Å². The first kappa shape index (κ1) is 19.4. The van der Waals surface area contributed by atoms with Crippen molar-refractivity contribution in [1.82, 2.24) is 20.0 Å². The number of hydrogen-bond acceptors (Lipinski definition) is 4. The smallest absolute Gasteiger partial charge is 0.325 e. The molecule has 0 saturated carbocycles. The Hall–Kier alpha value is -2.90. The van der Waals surface area contributed by atoms with Gasteiger partial charge < -0.3 is 15.1 Å². The van der Waals surface area contributed by atoms with E-state index in [1.165, 1.54) is 0 Å². The van der Waals surface area contributed by atoms with Crippen LogP contribution in [0.2, 0.25) is 0 Å². The zero-order valence-electron chi connectivity index (χ0n) is 16.9.